The third-order valence-electron chi connectivity index (χ3n) is 3.61. The van der Waals surface area contributed by atoms with Gasteiger partial charge in [-0.25, -0.2) is 13.4 Å². The van der Waals surface area contributed by atoms with Crippen molar-refractivity contribution in [3.05, 3.63) is 47.5 Å². The number of aromatic nitrogens is 2. The van der Waals surface area contributed by atoms with E-state index < -0.39 is 10.0 Å². The Labute approximate surface area is 152 Å². The summed E-state index contributed by atoms with van der Waals surface area (Å²) in [6.07, 6.45) is 7.02. The van der Waals surface area contributed by atoms with E-state index in [-0.39, 0.29) is 12.5 Å². The summed E-state index contributed by atoms with van der Waals surface area (Å²) >= 11 is 6.07. The third-order valence-corrected chi connectivity index (χ3v) is 5.15. The predicted molar refractivity (Wildman–Crippen MR) is 98.2 cm³/mol. The molecule has 0 saturated carbocycles. The molecule has 9 heteroatoms. The predicted octanol–water partition coefficient (Wildman–Crippen LogP) is 1.82. The fourth-order valence-corrected chi connectivity index (χ4v) is 3.25. The molecule has 25 heavy (non-hydrogen) atoms. The topological polar surface area (TPSA) is 84.3 Å². The Morgan fingerprint density at radius 3 is 2.76 bits per heavy atom. The van der Waals surface area contributed by atoms with Crippen LogP contribution in [-0.2, 0) is 21.4 Å². The van der Waals surface area contributed by atoms with Crippen molar-refractivity contribution in [2.24, 2.45) is 0 Å². The fraction of sp³-hybridized carbons (Fsp3) is 0.375. The zero-order valence-corrected chi connectivity index (χ0v) is 15.7. The molecule has 1 aromatic carbocycles. The number of carbonyl (C=O) groups excluding carboxylic acids is 1. The normalized spacial score (nSPS) is 11.3. The highest BCUT2D eigenvalue weighted by atomic mass is 35.5. The summed E-state index contributed by atoms with van der Waals surface area (Å²) in [6.45, 7) is 2.71. The number of rotatable bonds is 8. The molecule has 0 radical (unpaired) electrons. The number of hydrogen-bond acceptors (Lipinski definition) is 4. The molecular weight excluding hydrogens is 364 g/mol. The highest BCUT2D eigenvalue weighted by Gasteiger charge is 2.21. The van der Waals surface area contributed by atoms with Crippen molar-refractivity contribution < 1.29 is 13.2 Å². The van der Waals surface area contributed by atoms with Gasteiger partial charge in [-0.1, -0.05) is 17.7 Å². The standard InChI is InChI=1S/C16H21ClN4O3S/c1-13-4-5-14(10-15(13)17)21(25(2,23)24)11-16(22)19-6-3-8-20-9-7-18-12-20/h4-5,7,9-10,12H,3,6,8,11H2,1-2H3,(H,19,22). The molecule has 1 heterocycles. The number of nitrogens with one attached hydrogen (secondary N) is 1. The van der Waals surface area contributed by atoms with E-state index in [2.05, 4.69) is 10.3 Å². The van der Waals surface area contributed by atoms with Gasteiger partial charge in [-0.2, -0.15) is 0 Å². The number of halogens is 1. The lowest BCUT2D eigenvalue weighted by atomic mass is 10.2. The summed E-state index contributed by atoms with van der Waals surface area (Å²) < 4.78 is 27.0. The molecule has 0 bridgehead atoms. The van der Waals surface area contributed by atoms with Crippen molar-refractivity contribution >= 4 is 33.2 Å². The highest BCUT2D eigenvalue weighted by Crippen LogP contribution is 2.24. The van der Waals surface area contributed by atoms with Gasteiger partial charge in [0.2, 0.25) is 15.9 Å². The van der Waals surface area contributed by atoms with Gasteiger partial charge in [-0.15, -0.1) is 0 Å². The number of amides is 1. The highest BCUT2D eigenvalue weighted by molar-refractivity contribution is 7.92. The Morgan fingerprint density at radius 1 is 1.40 bits per heavy atom. The summed E-state index contributed by atoms with van der Waals surface area (Å²) in [5.74, 6) is -0.368. The average Bonchev–Trinajstić information content (AvgIpc) is 3.04. The minimum absolute atomic E-state index is 0.288. The number of sulfonamides is 1. The van der Waals surface area contributed by atoms with Crippen molar-refractivity contribution in [3.8, 4) is 0 Å². The largest absolute Gasteiger partial charge is 0.354 e. The van der Waals surface area contributed by atoms with Crippen molar-refractivity contribution in [1.29, 1.82) is 0 Å². The molecule has 0 aliphatic carbocycles. The second kappa shape index (κ2) is 8.35. The first-order valence-electron chi connectivity index (χ1n) is 7.73. The molecule has 0 spiro atoms. The summed E-state index contributed by atoms with van der Waals surface area (Å²) in [7, 11) is -3.61. The number of anilines is 1. The molecule has 0 atom stereocenters. The first-order chi connectivity index (χ1) is 11.8. The fourth-order valence-electron chi connectivity index (χ4n) is 2.23. The second-order valence-electron chi connectivity index (χ2n) is 5.71. The summed E-state index contributed by atoms with van der Waals surface area (Å²) in [4.78, 5) is 16.1. The van der Waals surface area contributed by atoms with Gasteiger partial charge >= 0.3 is 0 Å². The first kappa shape index (κ1) is 19.3. The quantitative estimate of drug-likeness (QED) is 0.703. The van der Waals surface area contributed by atoms with E-state index in [0.29, 0.717) is 17.3 Å². The van der Waals surface area contributed by atoms with Crippen LogP contribution in [0.5, 0.6) is 0 Å². The van der Waals surface area contributed by atoms with Gasteiger partial charge in [0.05, 0.1) is 18.3 Å². The number of benzene rings is 1. The maximum absolute atomic E-state index is 12.1. The molecule has 0 aliphatic heterocycles. The molecule has 1 amide bonds. The molecular formula is C16H21ClN4O3S. The molecule has 7 nitrogen and oxygen atoms in total. The van der Waals surface area contributed by atoms with Gasteiger partial charge in [0.1, 0.15) is 6.54 Å². The smallest absolute Gasteiger partial charge is 0.240 e. The second-order valence-corrected chi connectivity index (χ2v) is 8.02. The van der Waals surface area contributed by atoms with Crippen LogP contribution in [0.25, 0.3) is 0 Å². The maximum atomic E-state index is 12.1. The molecule has 0 saturated heterocycles. The molecule has 1 N–H and O–H groups in total. The van der Waals surface area contributed by atoms with Gasteiger partial charge < -0.3 is 9.88 Å². The summed E-state index contributed by atoms with van der Waals surface area (Å²) in [5.41, 5.74) is 1.20. The lowest BCUT2D eigenvalue weighted by Gasteiger charge is -2.22. The molecule has 1 aromatic heterocycles. The van der Waals surface area contributed by atoms with Crippen LogP contribution in [-0.4, -0.2) is 43.2 Å². The number of aryl methyl sites for hydroxylation is 2. The monoisotopic (exact) mass is 384 g/mol. The minimum atomic E-state index is -3.61. The zero-order valence-electron chi connectivity index (χ0n) is 14.1. The van der Waals surface area contributed by atoms with E-state index in [1.165, 1.54) is 0 Å². The average molecular weight is 385 g/mol. The van der Waals surface area contributed by atoms with Crippen molar-refractivity contribution in [2.45, 2.75) is 19.9 Å². The molecule has 136 valence electrons. The number of carbonyl (C=O) groups is 1. The van der Waals surface area contributed by atoms with Crippen LogP contribution in [0.3, 0.4) is 0 Å². The minimum Gasteiger partial charge on any atom is -0.354 e. The van der Waals surface area contributed by atoms with Crippen molar-refractivity contribution in [1.82, 2.24) is 14.9 Å². The van der Waals surface area contributed by atoms with E-state index >= 15 is 0 Å². The van der Waals surface area contributed by atoms with E-state index in [0.717, 1.165) is 29.1 Å². The van der Waals surface area contributed by atoms with Crippen molar-refractivity contribution in [2.75, 3.05) is 23.7 Å². The van der Waals surface area contributed by atoms with Crippen LogP contribution in [0.15, 0.2) is 36.9 Å². The van der Waals surface area contributed by atoms with Crippen LogP contribution in [0, 0.1) is 6.92 Å². The Kier molecular flexibility index (Phi) is 6.44. The Morgan fingerprint density at radius 2 is 2.16 bits per heavy atom. The Balaban J connectivity index is 1.94. The van der Waals surface area contributed by atoms with Crippen LogP contribution >= 0.6 is 11.6 Å². The number of hydrogen-bond donors (Lipinski definition) is 1. The maximum Gasteiger partial charge on any atom is 0.240 e. The van der Waals surface area contributed by atoms with E-state index in [1.807, 2.05) is 17.7 Å². The van der Waals surface area contributed by atoms with E-state index in [1.54, 1.807) is 30.7 Å². The van der Waals surface area contributed by atoms with E-state index in [9.17, 15) is 13.2 Å². The first-order valence-corrected chi connectivity index (χ1v) is 9.96. The van der Waals surface area contributed by atoms with Crippen molar-refractivity contribution in [3.63, 3.8) is 0 Å². The zero-order chi connectivity index (χ0) is 18.4. The molecule has 2 rings (SSSR count). The summed E-state index contributed by atoms with van der Waals surface area (Å²) in [5, 5.41) is 3.18. The molecule has 0 unspecified atom stereocenters. The SMILES string of the molecule is Cc1ccc(N(CC(=O)NCCCn2ccnc2)S(C)(=O)=O)cc1Cl. The molecule has 0 fully saturated rings. The van der Waals surface area contributed by atoms with Gasteiger partial charge in [0, 0.05) is 30.5 Å². The van der Waals surface area contributed by atoms with Crippen LogP contribution < -0.4 is 9.62 Å². The summed E-state index contributed by atoms with van der Waals surface area (Å²) in [6, 6.07) is 4.90. The van der Waals surface area contributed by atoms with Gasteiger partial charge in [0.25, 0.3) is 0 Å². The van der Waals surface area contributed by atoms with Gasteiger partial charge in [-0.05, 0) is 31.0 Å². The Hall–Kier alpha value is -2.06. The number of imidazole rings is 1. The van der Waals surface area contributed by atoms with Crippen LogP contribution in [0.4, 0.5) is 5.69 Å². The van der Waals surface area contributed by atoms with Gasteiger partial charge in [-0.3, -0.25) is 9.10 Å². The lowest BCUT2D eigenvalue weighted by molar-refractivity contribution is -0.119. The third kappa shape index (κ3) is 5.75. The molecule has 2 aromatic rings. The Bertz CT molecular complexity index is 822. The molecule has 0 aliphatic rings. The number of nitrogens with zero attached hydrogens (tertiary/aromatic N) is 3. The lowest BCUT2D eigenvalue weighted by Crippen LogP contribution is -2.40. The van der Waals surface area contributed by atoms with Crippen LogP contribution in [0.2, 0.25) is 5.02 Å². The van der Waals surface area contributed by atoms with Gasteiger partial charge in [0.15, 0.2) is 0 Å². The van der Waals surface area contributed by atoms with E-state index in [4.69, 9.17) is 11.6 Å². The van der Waals surface area contributed by atoms with Crippen LogP contribution in [0.1, 0.15) is 12.0 Å².